The molecule has 0 N–H and O–H groups in total. The van der Waals surface area contributed by atoms with Crippen LogP contribution in [0.25, 0.3) is 10.9 Å². The van der Waals surface area contributed by atoms with Crippen molar-refractivity contribution in [1.29, 1.82) is 0 Å². The molecule has 1 aromatic heterocycles. The van der Waals surface area contributed by atoms with E-state index in [-0.39, 0.29) is 30.1 Å². The third-order valence-corrected chi connectivity index (χ3v) is 4.60. The Morgan fingerprint density at radius 1 is 1.17 bits per heavy atom. The lowest BCUT2D eigenvalue weighted by atomic mass is 9.95. The Labute approximate surface area is 163 Å². The van der Waals surface area contributed by atoms with Gasteiger partial charge >= 0.3 is 6.18 Å². The molecule has 29 heavy (non-hydrogen) atoms. The number of aromatic nitrogens is 3. The Morgan fingerprint density at radius 3 is 2.48 bits per heavy atom. The molecule has 9 heteroatoms. The Bertz CT molecular complexity index is 1090. The van der Waals surface area contributed by atoms with Crippen molar-refractivity contribution in [3.63, 3.8) is 0 Å². The molecule has 0 radical (unpaired) electrons. The molecule has 1 heterocycles. The lowest BCUT2D eigenvalue weighted by Crippen LogP contribution is -2.28. The second-order valence-electron chi connectivity index (χ2n) is 6.67. The lowest BCUT2D eigenvalue weighted by molar-refractivity contribution is -0.137. The number of nitrogens with zero attached hydrogens (tertiary/aromatic N) is 3. The molecule has 3 rings (SSSR count). The molecule has 0 unspecified atom stereocenters. The van der Waals surface area contributed by atoms with Gasteiger partial charge in [-0.1, -0.05) is 30.3 Å². The van der Waals surface area contributed by atoms with Gasteiger partial charge in [-0.3, -0.25) is 9.59 Å². The molecule has 152 valence electrons. The van der Waals surface area contributed by atoms with Crippen LogP contribution >= 0.6 is 0 Å². The third kappa shape index (κ3) is 4.44. The number of benzene rings is 2. The van der Waals surface area contributed by atoms with Crippen LogP contribution in [0.5, 0.6) is 5.75 Å². The largest absolute Gasteiger partial charge is 0.496 e. The van der Waals surface area contributed by atoms with E-state index in [4.69, 9.17) is 4.74 Å². The molecule has 0 fully saturated rings. The zero-order valence-corrected chi connectivity index (χ0v) is 15.7. The molecular formula is C20H18F3N3O3. The highest BCUT2D eigenvalue weighted by atomic mass is 19.4. The van der Waals surface area contributed by atoms with E-state index >= 15 is 0 Å². The summed E-state index contributed by atoms with van der Waals surface area (Å²) in [5.41, 5.74) is -0.282. The van der Waals surface area contributed by atoms with Gasteiger partial charge in [0, 0.05) is 6.42 Å². The maximum Gasteiger partial charge on any atom is 0.416 e. The van der Waals surface area contributed by atoms with Crippen molar-refractivity contribution in [2.45, 2.75) is 32.0 Å². The Hall–Kier alpha value is -3.23. The van der Waals surface area contributed by atoms with Gasteiger partial charge < -0.3 is 4.74 Å². The quantitative estimate of drug-likeness (QED) is 0.627. The van der Waals surface area contributed by atoms with Crippen LogP contribution in [0.1, 0.15) is 30.4 Å². The highest BCUT2D eigenvalue weighted by Crippen LogP contribution is 2.30. The second kappa shape index (κ2) is 8.02. The topological polar surface area (TPSA) is 74.1 Å². The molecule has 3 aromatic rings. The molecule has 0 saturated heterocycles. The summed E-state index contributed by atoms with van der Waals surface area (Å²) in [6, 6.07) is 9.59. The highest BCUT2D eigenvalue weighted by molar-refractivity contribution is 5.84. The number of fused-ring (bicyclic) bond motifs is 1. The van der Waals surface area contributed by atoms with Gasteiger partial charge in [-0.2, -0.15) is 13.2 Å². The van der Waals surface area contributed by atoms with E-state index in [1.54, 1.807) is 25.1 Å². The Kier molecular flexibility index (Phi) is 5.67. The van der Waals surface area contributed by atoms with Crippen molar-refractivity contribution in [3.05, 3.63) is 63.9 Å². The molecule has 0 spiro atoms. The van der Waals surface area contributed by atoms with E-state index in [1.807, 2.05) is 0 Å². The third-order valence-electron chi connectivity index (χ3n) is 4.60. The van der Waals surface area contributed by atoms with Crippen LogP contribution in [0, 0.1) is 0 Å². The van der Waals surface area contributed by atoms with E-state index in [0.29, 0.717) is 16.8 Å². The predicted octanol–water partition coefficient (Wildman–Crippen LogP) is 3.58. The molecule has 1 atom stereocenters. The van der Waals surface area contributed by atoms with Crippen molar-refractivity contribution in [2.75, 3.05) is 7.11 Å². The number of rotatable bonds is 6. The van der Waals surface area contributed by atoms with Crippen molar-refractivity contribution >= 4 is 16.7 Å². The Morgan fingerprint density at radius 2 is 1.86 bits per heavy atom. The van der Waals surface area contributed by atoms with E-state index in [0.717, 1.165) is 16.8 Å². The summed E-state index contributed by atoms with van der Waals surface area (Å²) in [6.07, 6.45) is -4.36. The smallest absolute Gasteiger partial charge is 0.416 e. The van der Waals surface area contributed by atoms with E-state index in [2.05, 4.69) is 10.3 Å². The zero-order chi connectivity index (χ0) is 21.2. The van der Waals surface area contributed by atoms with Crippen LogP contribution in [0.2, 0.25) is 0 Å². The SMILES string of the molecule is COc1cccc2nnn(CC(=O)C[C@@H](C)c3ccc(C(F)(F)F)cc3)c(=O)c12. The molecule has 0 bridgehead atoms. The fraction of sp³-hybridized carbons (Fsp3) is 0.300. The summed E-state index contributed by atoms with van der Waals surface area (Å²) in [6.45, 7) is 1.45. The summed E-state index contributed by atoms with van der Waals surface area (Å²) < 4.78 is 44.1. The molecule has 2 aromatic carbocycles. The van der Waals surface area contributed by atoms with Gasteiger partial charge in [0.05, 0.1) is 12.7 Å². The fourth-order valence-corrected chi connectivity index (χ4v) is 3.05. The normalized spacial score (nSPS) is 12.7. The summed E-state index contributed by atoms with van der Waals surface area (Å²) >= 11 is 0. The van der Waals surface area contributed by atoms with Gasteiger partial charge in [0.2, 0.25) is 0 Å². The first-order valence-electron chi connectivity index (χ1n) is 8.80. The summed E-state index contributed by atoms with van der Waals surface area (Å²) in [4.78, 5) is 25.1. The van der Waals surface area contributed by atoms with E-state index < -0.39 is 17.3 Å². The minimum Gasteiger partial charge on any atom is -0.496 e. The Balaban J connectivity index is 1.75. The number of hydrogen-bond donors (Lipinski definition) is 0. The maximum absolute atomic E-state index is 12.7. The number of ether oxygens (including phenoxy) is 1. The monoisotopic (exact) mass is 405 g/mol. The van der Waals surface area contributed by atoms with Crippen molar-refractivity contribution in [2.24, 2.45) is 0 Å². The summed E-state index contributed by atoms with van der Waals surface area (Å²) in [5, 5.41) is 7.97. The van der Waals surface area contributed by atoms with Crippen LogP contribution in [0.3, 0.4) is 0 Å². The minimum atomic E-state index is -4.41. The lowest BCUT2D eigenvalue weighted by Gasteiger charge is -2.13. The van der Waals surface area contributed by atoms with Crippen LogP contribution in [-0.4, -0.2) is 27.9 Å². The number of alkyl halides is 3. The fourth-order valence-electron chi connectivity index (χ4n) is 3.05. The first-order valence-corrected chi connectivity index (χ1v) is 8.80. The van der Waals surface area contributed by atoms with Crippen molar-refractivity contribution in [3.8, 4) is 5.75 Å². The molecule has 0 aliphatic carbocycles. The first kappa shape index (κ1) is 20.5. The maximum atomic E-state index is 12.7. The second-order valence-corrected chi connectivity index (χ2v) is 6.67. The molecule has 0 aliphatic heterocycles. The van der Waals surface area contributed by atoms with Crippen molar-refractivity contribution < 1.29 is 22.7 Å². The van der Waals surface area contributed by atoms with Crippen LogP contribution < -0.4 is 10.3 Å². The average Bonchev–Trinajstić information content (AvgIpc) is 2.69. The predicted molar refractivity (Wildman–Crippen MR) is 99.8 cm³/mol. The van der Waals surface area contributed by atoms with Crippen LogP contribution in [-0.2, 0) is 17.5 Å². The summed E-state index contributed by atoms with van der Waals surface area (Å²) in [7, 11) is 1.43. The number of methoxy groups -OCH3 is 1. The summed E-state index contributed by atoms with van der Waals surface area (Å²) in [5.74, 6) is -0.270. The molecule has 0 aliphatic rings. The number of Topliss-reactive ketones (excluding diaryl/α,β-unsaturated/α-hetero) is 1. The molecule has 0 saturated carbocycles. The van der Waals surface area contributed by atoms with Gasteiger partial charge in [0.1, 0.15) is 23.2 Å². The van der Waals surface area contributed by atoms with Gasteiger partial charge in [-0.05, 0) is 35.7 Å². The van der Waals surface area contributed by atoms with Gasteiger partial charge in [0.25, 0.3) is 5.56 Å². The average molecular weight is 405 g/mol. The number of hydrogen-bond acceptors (Lipinski definition) is 5. The number of carbonyl (C=O) groups is 1. The van der Waals surface area contributed by atoms with Crippen LogP contribution in [0.15, 0.2) is 47.3 Å². The standard InChI is InChI=1S/C20H18F3N3O3/c1-12(13-6-8-14(9-7-13)20(21,22)23)10-15(27)11-26-19(28)18-16(24-25-26)4-3-5-17(18)29-2/h3-9,12H,10-11H2,1-2H3/t12-/m1/s1. The minimum absolute atomic E-state index is 0.0451. The van der Waals surface area contributed by atoms with Crippen LogP contribution in [0.4, 0.5) is 13.2 Å². The van der Waals surface area contributed by atoms with Gasteiger partial charge in [0.15, 0.2) is 5.78 Å². The molecular weight excluding hydrogens is 387 g/mol. The molecule has 6 nitrogen and oxygen atoms in total. The number of halogens is 3. The molecule has 0 amide bonds. The van der Waals surface area contributed by atoms with Gasteiger partial charge in [-0.15, -0.1) is 5.10 Å². The van der Waals surface area contributed by atoms with Crippen molar-refractivity contribution in [1.82, 2.24) is 15.0 Å². The van der Waals surface area contributed by atoms with Gasteiger partial charge in [-0.25, -0.2) is 4.68 Å². The van der Waals surface area contributed by atoms with E-state index in [1.165, 1.54) is 19.2 Å². The first-order chi connectivity index (χ1) is 13.7. The zero-order valence-electron chi connectivity index (χ0n) is 15.7. The number of carbonyl (C=O) groups excluding carboxylic acids is 1. The van der Waals surface area contributed by atoms with E-state index in [9.17, 15) is 22.8 Å². The number of ketones is 1. The highest BCUT2D eigenvalue weighted by Gasteiger charge is 2.30.